The number of aromatic nitrogens is 3. The largest absolute Gasteiger partial charge is 0.476 e. The number of hydrogen-bond acceptors (Lipinski definition) is 5. The molecule has 0 saturated carbocycles. The molecule has 4 rings (SSSR count). The zero-order valence-electron chi connectivity index (χ0n) is 12.9. The SMILES string of the molecule is Fc1ccccc1[C@H]1COc2c(CN3CCNCC3)nnn2C1. The van der Waals surface area contributed by atoms with Gasteiger partial charge in [-0.3, -0.25) is 4.90 Å². The number of rotatable bonds is 3. The Morgan fingerprint density at radius 1 is 1.26 bits per heavy atom. The van der Waals surface area contributed by atoms with E-state index in [9.17, 15) is 4.39 Å². The summed E-state index contributed by atoms with van der Waals surface area (Å²) in [7, 11) is 0. The third-order valence-corrected chi connectivity index (χ3v) is 4.50. The molecule has 0 bridgehead atoms. The average Bonchev–Trinajstić information content (AvgIpc) is 2.98. The summed E-state index contributed by atoms with van der Waals surface area (Å²) < 4.78 is 21.6. The van der Waals surface area contributed by atoms with E-state index < -0.39 is 0 Å². The molecule has 2 aromatic rings. The van der Waals surface area contributed by atoms with E-state index in [-0.39, 0.29) is 11.7 Å². The number of fused-ring (bicyclic) bond motifs is 1. The van der Waals surface area contributed by atoms with Crippen molar-refractivity contribution < 1.29 is 9.13 Å². The Balaban J connectivity index is 1.50. The van der Waals surface area contributed by atoms with Gasteiger partial charge in [0.1, 0.15) is 11.5 Å². The maximum absolute atomic E-state index is 14.0. The van der Waals surface area contributed by atoms with Gasteiger partial charge in [-0.15, -0.1) is 5.10 Å². The summed E-state index contributed by atoms with van der Waals surface area (Å²) in [6.45, 7) is 5.82. The van der Waals surface area contributed by atoms with Crippen LogP contribution in [0.5, 0.6) is 5.88 Å². The van der Waals surface area contributed by atoms with Gasteiger partial charge in [-0.25, -0.2) is 9.07 Å². The van der Waals surface area contributed by atoms with Crippen LogP contribution in [0.1, 0.15) is 17.2 Å². The van der Waals surface area contributed by atoms with Crippen LogP contribution in [0.25, 0.3) is 0 Å². The van der Waals surface area contributed by atoms with E-state index in [2.05, 4.69) is 20.5 Å². The smallest absolute Gasteiger partial charge is 0.237 e. The quantitative estimate of drug-likeness (QED) is 0.915. The highest BCUT2D eigenvalue weighted by Crippen LogP contribution is 2.30. The van der Waals surface area contributed by atoms with Crippen molar-refractivity contribution in [2.75, 3.05) is 32.8 Å². The predicted octanol–water partition coefficient (Wildman–Crippen LogP) is 0.999. The number of piperazine rings is 1. The van der Waals surface area contributed by atoms with Gasteiger partial charge in [0.15, 0.2) is 0 Å². The summed E-state index contributed by atoms with van der Waals surface area (Å²) in [4.78, 5) is 2.34. The standard InChI is InChI=1S/C16H20FN5O/c17-14-4-2-1-3-13(14)12-9-22-16(23-11-12)15(19-20-22)10-21-7-5-18-6-8-21/h1-4,12,18H,5-11H2/t12-/m1/s1. The minimum Gasteiger partial charge on any atom is -0.476 e. The molecular formula is C16H20FN5O. The predicted molar refractivity (Wildman–Crippen MR) is 82.8 cm³/mol. The molecule has 2 aliphatic heterocycles. The van der Waals surface area contributed by atoms with Crippen LogP contribution >= 0.6 is 0 Å². The van der Waals surface area contributed by atoms with Crippen LogP contribution in [0.3, 0.4) is 0 Å². The molecule has 1 atom stereocenters. The first kappa shape index (κ1) is 14.6. The Hall–Kier alpha value is -1.99. The second-order valence-corrected chi connectivity index (χ2v) is 6.08. The van der Waals surface area contributed by atoms with E-state index in [0.29, 0.717) is 18.7 Å². The van der Waals surface area contributed by atoms with Crippen LogP contribution in [-0.2, 0) is 13.1 Å². The molecule has 0 spiro atoms. The zero-order chi connectivity index (χ0) is 15.6. The lowest BCUT2D eigenvalue weighted by molar-refractivity contribution is 0.190. The number of nitrogens with one attached hydrogen (secondary N) is 1. The molecular weight excluding hydrogens is 297 g/mol. The van der Waals surface area contributed by atoms with Gasteiger partial charge in [0, 0.05) is 38.6 Å². The van der Waals surface area contributed by atoms with Gasteiger partial charge < -0.3 is 10.1 Å². The maximum Gasteiger partial charge on any atom is 0.237 e. The summed E-state index contributed by atoms with van der Waals surface area (Å²) in [5.41, 5.74) is 1.55. The Labute approximate surface area is 134 Å². The van der Waals surface area contributed by atoms with E-state index in [1.807, 2.05) is 12.1 Å². The third-order valence-electron chi connectivity index (χ3n) is 4.50. The van der Waals surface area contributed by atoms with E-state index in [1.54, 1.807) is 10.7 Å². The lowest BCUT2D eigenvalue weighted by Crippen LogP contribution is -2.43. The minimum absolute atomic E-state index is 0.0302. The van der Waals surface area contributed by atoms with E-state index in [4.69, 9.17) is 4.74 Å². The van der Waals surface area contributed by atoms with Crippen LogP contribution < -0.4 is 10.1 Å². The lowest BCUT2D eigenvalue weighted by atomic mass is 9.99. The molecule has 2 aliphatic rings. The van der Waals surface area contributed by atoms with Crippen molar-refractivity contribution in [1.29, 1.82) is 0 Å². The van der Waals surface area contributed by atoms with Crippen LogP contribution in [0.2, 0.25) is 0 Å². The highest BCUT2D eigenvalue weighted by atomic mass is 19.1. The molecule has 23 heavy (non-hydrogen) atoms. The summed E-state index contributed by atoms with van der Waals surface area (Å²) in [5, 5.41) is 11.8. The first-order valence-electron chi connectivity index (χ1n) is 8.04. The van der Waals surface area contributed by atoms with Gasteiger partial charge in [-0.2, -0.15) is 0 Å². The fraction of sp³-hybridized carbons (Fsp3) is 0.500. The van der Waals surface area contributed by atoms with E-state index in [0.717, 1.165) is 44.3 Å². The van der Waals surface area contributed by atoms with Crippen molar-refractivity contribution in [3.8, 4) is 5.88 Å². The van der Waals surface area contributed by atoms with Crippen molar-refractivity contribution in [3.05, 3.63) is 41.3 Å². The topological polar surface area (TPSA) is 55.2 Å². The van der Waals surface area contributed by atoms with Crippen molar-refractivity contribution in [1.82, 2.24) is 25.2 Å². The second kappa shape index (κ2) is 6.25. The zero-order valence-corrected chi connectivity index (χ0v) is 12.9. The summed E-state index contributed by atoms with van der Waals surface area (Å²) in [6.07, 6.45) is 0. The number of ether oxygens (including phenoxy) is 1. The maximum atomic E-state index is 14.0. The molecule has 1 N–H and O–H groups in total. The minimum atomic E-state index is -0.189. The molecule has 0 amide bonds. The Morgan fingerprint density at radius 3 is 2.91 bits per heavy atom. The van der Waals surface area contributed by atoms with Gasteiger partial charge >= 0.3 is 0 Å². The first-order chi connectivity index (χ1) is 11.3. The highest BCUT2D eigenvalue weighted by Gasteiger charge is 2.28. The number of hydrogen-bond donors (Lipinski definition) is 1. The van der Waals surface area contributed by atoms with Crippen molar-refractivity contribution in [2.45, 2.75) is 19.0 Å². The molecule has 0 aliphatic carbocycles. The monoisotopic (exact) mass is 317 g/mol. The molecule has 3 heterocycles. The van der Waals surface area contributed by atoms with Crippen LogP contribution in [-0.4, -0.2) is 52.7 Å². The average molecular weight is 317 g/mol. The summed E-state index contributed by atoms with van der Waals surface area (Å²) in [6, 6.07) is 6.86. The van der Waals surface area contributed by atoms with Crippen molar-refractivity contribution >= 4 is 0 Å². The molecule has 6 nitrogen and oxygen atoms in total. The van der Waals surface area contributed by atoms with E-state index >= 15 is 0 Å². The van der Waals surface area contributed by atoms with E-state index in [1.165, 1.54) is 6.07 Å². The van der Waals surface area contributed by atoms with Crippen molar-refractivity contribution in [2.24, 2.45) is 0 Å². The molecule has 7 heteroatoms. The molecule has 1 aromatic heterocycles. The normalized spacial score (nSPS) is 21.7. The molecule has 0 unspecified atom stereocenters. The fourth-order valence-electron chi connectivity index (χ4n) is 3.23. The third kappa shape index (κ3) is 2.94. The van der Waals surface area contributed by atoms with Crippen LogP contribution in [0, 0.1) is 5.82 Å². The Kier molecular flexibility index (Phi) is 3.97. The number of nitrogens with zero attached hydrogens (tertiary/aromatic N) is 4. The molecule has 0 radical (unpaired) electrons. The van der Waals surface area contributed by atoms with Gasteiger partial charge in [-0.1, -0.05) is 23.4 Å². The second-order valence-electron chi connectivity index (χ2n) is 6.08. The Morgan fingerprint density at radius 2 is 2.09 bits per heavy atom. The van der Waals surface area contributed by atoms with Crippen LogP contribution in [0.15, 0.2) is 24.3 Å². The van der Waals surface area contributed by atoms with Gasteiger partial charge in [0.25, 0.3) is 0 Å². The molecule has 1 saturated heterocycles. The highest BCUT2D eigenvalue weighted by molar-refractivity contribution is 5.25. The first-order valence-corrected chi connectivity index (χ1v) is 8.04. The van der Waals surface area contributed by atoms with Gasteiger partial charge in [-0.05, 0) is 11.6 Å². The lowest BCUT2D eigenvalue weighted by Gasteiger charge is -2.28. The number of halogens is 1. The van der Waals surface area contributed by atoms with Crippen LogP contribution in [0.4, 0.5) is 4.39 Å². The van der Waals surface area contributed by atoms with Crippen molar-refractivity contribution in [3.63, 3.8) is 0 Å². The molecule has 122 valence electrons. The summed E-state index contributed by atoms with van der Waals surface area (Å²) >= 11 is 0. The number of benzene rings is 1. The fourth-order valence-corrected chi connectivity index (χ4v) is 3.23. The molecule has 1 aromatic carbocycles. The molecule has 1 fully saturated rings. The Bertz CT molecular complexity index is 683. The van der Waals surface area contributed by atoms with Gasteiger partial charge in [0.05, 0.1) is 13.2 Å². The summed E-state index contributed by atoms with van der Waals surface area (Å²) in [5.74, 6) is 0.513. The van der Waals surface area contributed by atoms with Gasteiger partial charge in [0.2, 0.25) is 5.88 Å².